The molecule has 1 N–H and O–H groups in total. The Morgan fingerprint density at radius 3 is 2.14 bits per heavy atom. The van der Waals surface area contributed by atoms with Gasteiger partial charge >= 0.3 is 5.69 Å². The average molecular weight is 218 g/mol. The predicted molar refractivity (Wildman–Crippen MR) is 45.7 cm³/mol. The lowest BCUT2D eigenvalue weighted by Gasteiger charge is -1.98. The lowest BCUT2D eigenvalue weighted by atomic mass is 10.3. The molecule has 0 amide bonds. The van der Waals surface area contributed by atoms with E-state index in [2.05, 4.69) is 4.18 Å². The van der Waals surface area contributed by atoms with Crippen molar-refractivity contribution < 1.29 is 22.7 Å². The fourth-order valence-corrected chi connectivity index (χ4v) is 1.50. The van der Waals surface area contributed by atoms with Crippen molar-refractivity contribution in [3.05, 3.63) is 29.2 Å². The summed E-state index contributed by atoms with van der Waals surface area (Å²) >= 11 is 0. The van der Waals surface area contributed by atoms with Gasteiger partial charge in [0.25, 0.3) is 15.0 Å². The van der Waals surface area contributed by atoms with Gasteiger partial charge in [-0.25, -0.2) is 5.21 Å². The third kappa shape index (κ3) is 2.06. The van der Waals surface area contributed by atoms with E-state index in [0.717, 1.165) is 19.2 Å². The molecule has 0 bridgehead atoms. The zero-order valence-electron chi connectivity index (χ0n) is 7.25. The highest BCUT2D eigenvalue weighted by Crippen LogP contribution is 2.16. The number of hydrogen-bond donors (Lipinski definition) is 1. The molecule has 0 aliphatic carbocycles. The molecule has 1 aromatic rings. The largest absolute Gasteiger partial charge is 0.316 e. The third-order valence-corrected chi connectivity index (χ3v) is 2.85. The van der Waals surface area contributed by atoms with Crippen LogP contribution in [0.3, 0.4) is 0 Å². The van der Waals surface area contributed by atoms with Crippen molar-refractivity contribution in [3.8, 4) is 0 Å². The maximum atomic E-state index is 11.1. The standard InChI is InChI=1S/C7H8NO5S/c1-13-14(11,12)7-4-2-6(3-5-7)8(9)10/h2-5H,1H3,(H,9,10)/q+1. The summed E-state index contributed by atoms with van der Waals surface area (Å²) in [5.74, 6) is 0. The van der Waals surface area contributed by atoms with E-state index in [-0.39, 0.29) is 15.5 Å². The van der Waals surface area contributed by atoms with E-state index >= 15 is 0 Å². The molecular formula is C7H8NO5S+. The van der Waals surface area contributed by atoms with Crippen LogP contribution in [0.1, 0.15) is 0 Å². The smallest absolute Gasteiger partial charge is 0.270 e. The molecule has 0 saturated carbocycles. The Bertz CT molecular complexity index is 436. The van der Waals surface area contributed by atoms with E-state index in [1.807, 2.05) is 0 Å². The van der Waals surface area contributed by atoms with Crippen molar-refractivity contribution in [1.82, 2.24) is 0 Å². The van der Waals surface area contributed by atoms with Crippen molar-refractivity contribution >= 4 is 15.8 Å². The van der Waals surface area contributed by atoms with Crippen LogP contribution in [0.4, 0.5) is 5.69 Å². The molecule has 6 nitrogen and oxygen atoms in total. The van der Waals surface area contributed by atoms with Gasteiger partial charge in [-0.1, -0.05) is 0 Å². The highest BCUT2D eigenvalue weighted by Gasteiger charge is 2.16. The first-order chi connectivity index (χ1) is 6.47. The molecule has 7 heteroatoms. The van der Waals surface area contributed by atoms with Gasteiger partial charge in [0.2, 0.25) is 0 Å². The highest BCUT2D eigenvalue weighted by atomic mass is 32.2. The van der Waals surface area contributed by atoms with Crippen LogP contribution in [0.5, 0.6) is 0 Å². The van der Waals surface area contributed by atoms with Crippen LogP contribution in [0.25, 0.3) is 0 Å². The summed E-state index contributed by atoms with van der Waals surface area (Å²) in [5.41, 5.74) is -0.0555. The highest BCUT2D eigenvalue weighted by molar-refractivity contribution is 7.86. The lowest BCUT2D eigenvalue weighted by Crippen LogP contribution is -2.02. The Labute approximate surface area is 80.4 Å². The molecule has 76 valence electrons. The van der Waals surface area contributed by atoms with Gasteiger partial charge in [0, 0.05) is 12.1 Å². The van der Waals surface area contributed by atoms with Crippen molar-refractivity contribution in [2.75, 3.05) is 7.11 Å². The molecule has 0 spiro atoms. The molecule has 0 aliphatic rings. The van der Waals surface area contributed by atoms with E-state index in [0.29, 0.717) is 0 Å². The van der Waals surface area contributed by atoms with Crippen molar-refractivity contribution in [2.24, 2.45) is 0 Å². The fourth-order valence-electron chi connectivity index (χ4n) is 0.837. The molecule has 0 fully saturated rings. The summed E-state index contributed by atoms with van der Waals surface area (Å²) in [7, 11) is -2.71. The van der Waals surface area contributed by atoms with Gasteiger partial charge in [0.05, 0.1) is 16.9 Å². The molecule has 0 unspecified atom stereocenters. The maximum Gasteiger partial charge on any atom is 0.316 e. The molecule has 0 atom stereocenters. The summed E-state index contributed by atoms with van der Waals surface area (Å²) in [6.07, 6.45) is 0. The summed E-state index contributed by atoms with van der Waals surface area (Å²) in [4.78, 5) is 9.93. The number of benzene rings is 1. The molecule has 0 saturated heterocycles. The first kappa shape index (κ1) is 10.6. The molecule has 0 aromatic heterocycles. The second-order valence-electron chi connectivity index (χ2n) is 2.39. The van der Waals surface area contributed by atoms with Crippen molar-refractivity contribution in [1.29, 1.82) is 0 Å². The minimum absolute atomic E-state index is 0.0555. The predicted octanol–water partition coefficient (Wildman–Crippen LogP) is 0.821. The summed E-state index contributed by atoms with van der Waals surface area (Å²) < 4.78 is 26.5. The van der Waals surface area contributed by atoms with E-state index < -0.39 is 10.1 Å². The second kappa shape index (κ2) is 3.72. The van der Waals surface area contributed by atoms with Crippen LogP contribution in [-0.2, 0) is 14.3 Å². The molecule has 1 aromatic carbocycles. The molecule has 0 radical (unpaired) electrons. The van der Waals surface area contributed by atoms with E-state index in [4.69, 9.17) is 5.21 Å². The molecule has 0 aliphatic heterocycles. The van der Waals surface area contributed by atoms with Crippen LogP contribution >= 0.6 is 0 Å². The molecule has 14 heavy (non-hydrogen) atoms. The van der Waals surface area contributed by atoms with Gasteiger partial charge in [0.1, 0.15) is 0 Å². The van der Waals surface area contributed by atoms with E-state index in [1.54, 1.807) is 0 Å². The summed E-state index contributed by atoms with van der Waals surface area (Å²) in [6.45, 7) is 0. The maximum absolute atomic E-state index is 11.1. The zero-order valence-corrected chi connectivity index (χ0v) is 8.06. The van der Waals surface area contributed by atoms with Crippen LogP contribution < -0.4 is 0 Å². The minimum atomic E-state index is -3.74. The van der Waals surface area contributed by atoms with Crippen LogP contribution in [-0.4, -0.2) is 25.7 Å². The Kier molecular flexibility index (Phi) is 2.82. The Morgan fingerprint density at radius 1 is 1.29 bits per heavy atom. The average Bonchev–Trinajstić information content (AvgIpc) is 2.18. The van der Waals surface area contributed by atoms with Crippen molar-refractivity contribution in [2.45, 2.75) is 4.90 Å². The number of rotatable bonds is 3. The summed E-state index contributed by atoms with van der Waals surface area (Å²) in [6, 6.07) is 4.66. The zero-order chi connectivity index (χ0) is 10.8. The Hall–Kier alpha value is -1.47. The molecule has 1 rings (SSSR count). The molecular weight excluding hydrogens is 210 g/mol. The Morgan fingerprint density at radius 2 is 1.79 bits per heavy atom. The van der Waals surface area contributed by atoms with Crippen LogP contribution in [0.2, 0.25) is 0 Å². The van der Waals surface area contributed by atoms with Gasteiger partial charge < -0.3 is 0 Å². The van der Waals surface area contributed by atoms with E-state index in [1.165, 1.54) is 12.1 Å². The normalized spacial score (nSPS) is 11.2. The van der Waals surface area contributed by atoms with Crippen molar-refractivity contribution in [3.63, 3.8) is 0 Å². The van der Waals surface area contributed by atoms with Crippen LogP contribution in [0.15, 0.2) is 29.2 Å². The summed E-state index contributed by atoms with van der Waals surface area (Å²) in [5, 5.41) is 8.47. The van der Waals surface area contributed by atoms with Crippen LogP contribution in [0, 0.1) is 4.91 Å². The topological polar surface area (TPSA) is 83.7 Å². The fraction of sp³-hybridized carbons (Fsp3) is 0.143. The van der Waals surface area contributed by atoms with Gasteiger partial charge in [-0.15, -0.1) is 0 Å². The minimum Gasteiger partial charge on any atom is -0.270 e. The van der Waals surface area contributed by atoms with Gasteiger partial charge in [0.15, 0.2) is 0 Å². The lowest BCUT2D eigenvalue weighted by molar-refractivity contribution is -0.729. The molecule has 0 heterocycles. The second-order valence-corrected chi connectivity index (χ2v) is 4.10. The van der Waals surface area contributed by atoms with Gasteiger partial charge in [-0.3, -0.25) is 4.18 Å². The quantitative estimate of drug-likeness (QED) is 0.599. The number of nitrogens with zero attached hydrogens (tertiary/aromatic N) is 1. The number of hydrogen-bond acceptors (Lipinski definition) is 4. The first-order valence-corrected chi connectivity index (χ1v) is 4.95. The Balaban J connectivity index is 3.12. The first-order valence-electron chi connectivity index (χ1n) is 3.54. The van der Waals surface area contributed by atoms with Gasteiger partial charge in [-0.2, -0.15) is 8.42 Å². The van der Waals surface area contributed by atoms with Gasteiger partial charge in [-0.05, 0) is 12.1 Å². The third-order valence-electron chi connectivity index (χ3n) is 1.57. The monoisotopic (exact) mass is 218 g/mol. The SMILES string of the molecule is COS(=O)(=O)c1ccc([N+](=O)O)cc1. The van der Waals surface area contributed by atoms with E-state index in [9.17, 15) is 13.3 Å².